The monoisotopic (exact) mass is 576 g/mol. The maximum Gasteiger partial charge on any atom is 0.272 e. The Morgan fingerprint density at radius 1 is 0.902 bits per heavy atom. The minimum absolute atomic E-state index is 0.303. The van der Waals surface area contributed by atoms with Crippen LogP contribution in [-0.2, 0) is 6.54 Å². The van der Waals surface area contributed by atoms with E-state index < -0.39 is 0 Å². The first kappa shape index (κ1) is 26.8. The molecule has 0 aliphatic heterocycles. The number of rotatable bonds is 6. The molecule has 0 bridgehead atoms. The lowest BCUT2D eigenvalue weighted by Gasteiger charge is -2.11. The van der Waals surface area contributed by atoms with Crippen molar-refractivity contribution in [3.8, 4) is 11.3 Å². The number of hydrogen-bond acceptors (Lipinski definition) is 3. The summed E-state index contributed by atoms with van der Waals surface area (Å²) < 4.78 is 2.20. The number of carbonyl (C=O) groups excluding carboxylic acids is 1. The SMILES string of the molecule is Cc1ccc2c(c1)c(/C=N/NC(=O)c1cc(-c3ccccc3)nc3ccccc13)c(C)n2Cc1ccc(Cl)cc1Cl. The van der Waals surface area contributed by atoms with E-state index in [2.05, 4.69) is 40.2 Å². The average Bonchev–Trinajstić information content (AvgIpc) is 3.23. The molecule has 0 aliphatic carbocycles. The van der Waals surface area contributed by atoms with Crippen molar-refractivity contribution in [2.45, 2.75) is 20.4 Å². The molecule has 4 aromatic carbocycles. The summed E-state index contributed by atoms with van der Waals surface area (Å²) in [5.41, 5.74) is 10.8. The topological polar surface area (TPSA) is 59.3 Å². The van der Waals surface area contributed by atoms with Crippen LogP contribution in [0.3, 0.4) is 0 Å². The standard InChI is InChI=1S/C34H26Cl2N4O/c1-21-12-15-33-27(16-21)29(22(2)40(33)20-24-13-14-25(35)17-30(24)36)19-37-39-34(41)28-18-32(23-8-4-3-5-9-23)38-31-11-7-6-10-26(28)31/h3-19H,20H2,1-2H3,(H,39,41)/b37-19+. The highest BCUT2D eigenvalue weighted by molar-refractivity contribution is 6.35. The summed E-state index contributed by atoms with van der Waals surface area (Å²) in [6, 6.07) is 31.2. The molecule has 0 radical (unpaired) electrons. The van der Waals surface area contributed by atoms with Crippen LogP contribution in [0, 0.1) is 13.8 Å². The number of nitrogens with one attached hydrogen (secondary N) is 1. The molecule has 202 valence electrons. The van der Waals surface area contributed by atoms with Crippen LogP contribution in [0.15, 0.2) is 102 Å². The van der Waals surface area contributed by atoms with Crippen LogP contribution in [0.1, 0.15) is 32.7 Å². The van der Waals surface area contributed by atoms with Gasteiger partial charge in [-0.2, -0.15) is 5.10 Å². The van der Waals surface area contributed by atoms with Crippen LogP contribution >= 0.6 is 23.2 Å². The van der Waals surface area contributed by atoms with E-state index in [9.17, 15) is 4.79 Å². The Morgan fingerprint density at radius 3 is 2.49 bits per heavy atom. The molecule has 2 aromatic heterocycles. The van der Waals surface area contributed by atoms with Crippen molar-refractivity contribution in [1.82, 2.24) is 15.0 Å². The van der Waals surface area contributed by atoms with E-state index in [0.29, 0.717) is 22.2 Å². The molecule has 1 amide bonds. The number of aryl methyl sites for hydroxylation is 1. The molecule has 0 saturated heterocycles. The molecule has 0 atom stereocenters. The second kappa shape index (κ2) is 11.2. The average molecular weight is 578 g/mol. The number of hydrazone groups is 1. The number of amides is 1. The fourth-order valence-electron chi connectivity index (χ4n) is 5.14. The lowest BCUT2D eigenvalue weighted by atomic mass is 10.0. The van der Waals surface area contributed by atoms with Crippen LogP contribution in [0.2, 0.25) is 10.0 Å². The predicted octanol–water partition coefficient (Wildman–Crippen LogP) is 8.59. The molecule has 0 unspecified atom stereocenters. The van der Waals surface area contributed by atoms with Gasteiger partial charge in [-0.15, -0.1) is 0 Å². The molecule has 0 fully saturated rings. The molecular weight excluding hydrogens is 551 g/mol. The van der Waals surface area contributed by atoms with Crippen molar-refractivity contribution in [2.75, 3.05) is 0 Å². The van der Waals surface area contributed by atoms with Crippen molar-refractivity contribution in [3.63, 3.8) is 0 Å². The largest absolute Gasteiger partial charge is 0.340 e. The first-order valence-corrected chi connectivity index (χ1v) is 14.0. The summed E-state index contributed by atoms with van der Waals surface area (Å²) in [4.78, 5) is 18.2. The van der Waals surface area contributed by atoms with E-state index in [4.69, 9.17) is 28.2 Å². The molecule has 1 N–H and O–H groups in total. The maximum absolute atomic E-state index is 13.5. The number of carbonyl (C=O) groups is 1. The Kier molecular flexibility index (Phi) is 7.31. The third-order valence-electron chi connectivity index (χ3n) is 7.26. The third-order valence-corrected chi connectivity index (χ3v) is 7.85. The Balaban J connectivity index is 1.35. The zero-order valence-corrected chi connectivity index (χ0v) is 24.0. The highest BCUT2D eigenvalue weighted by atomic mass is 35.5. The Labute approximate surface area is 248 Å². The number of fused-ring (bicyclic) bond motifs is 2. The van der Waals surface area contributed by atoms with E-state index in [1.807, 2.05) is 79.7 Å². The normalized spacial score (nSPS) is 11.5. The van der Waals surface area contributed by atoms with Crippen molar-refractivity contribution in [2.24, 2.45) is 5.10 Å². The number of nitrogens with zero attached hydrogens (tertiary/aromatic N) is 3. The zero-order chi connectivity index (χ0) is 28.5. The van der Waals surface area contributed by atoms with Gasteiger partial charge in [0.2, 0.25) is 0 Å². The number of hydrogen-bond donors (Lipinski definition) is 1. The molecule has 7 heteroatoms. The fraction of sp³-hybridized carbons (Fsp3) is 0.0882. The lowest BCUT2D eigenvalue weighted by Crippen LogP contribution is -2.18. The minimum atomic E-state index is -0.303. The molecule has 6 aromatic rings. The van der Waals surface area contributed by atoms with Gasteiger partial charge in [0, 0.05) is 49.7 Å². The molecular formula is C34H26Cl2N4O. The quantitative estimate of drug-likeness (QED) is 0.159. The van der Waals surface area contributed by atoms with E-state index in [-0.39, 0.29) is 5.91 Å². The van der Waals surface area contributed by atoms with Gasteiger partial charge in [-0.25, -0.2) is 10.4 Å². The van der Waals surface area contributed by atoms with E-state index in [0.717, 1.165) is 55.4 Å². The number of aromatic nitrogens is 2. The number of pyridine rings is 1. The third kappa shape index (κ3) is 5.34. The first-order chi connectivity index (χ1) is 19.9. The predicted molar refractivity (Wildman–Crippen MR) is 169 cm³/mol. The summed E-state index contributed by atoms with van der Waals surface area (Å²) in [6.07, 6.45) is 1.72. The summed E-state index contributed by atoms with van der Waals surface area (Å²) in [7, 11) is 0. The Bertz CT molecular complexity index is 1960. The van der Waals surface area contributed by atoms with Crippen molar-refractivity contribution in [1.29, 1.82) is 0 Å². The molecule has 6 rings (SSSR count). The molecule has 0 spiro atoms. The van der Waals surface area contributed by atoms with E-state index in [1.165, 1.54) is 0 Å². The molecule has 5 nitrogen and oxygen atoms in total. The number of benzene rings is 4. The van der Waals surface area contributed by atoms with Crippen molar-refractivity contribution < 1.29 is 4.79 Å². The summed E-state index contributed by atoms with van der Waals surface area (Å²) in [5, 5.41) is 7.45. The Morgan fingerprint density at radius 2 is 1.68 bits per heavy atom. The van der Waals surface area contributed by atoms with Crippen molar-refractivity contribution >= 4 is 57.1 Å². The molecule has 2 heterocycles. The van der Waals surface area contributed by atoms with Crippen molar-refractivity contribution in [3.05, 3.63) is 135 Å². The minimum Gasteiger partial charge on any atom is -0.340 e. The highest BCUT2D eigenvalue weighted by Crippen LogP contribution is 2.29. The van der Waals surface area contributed by atoms with Gasteiger partial charge in [0.15, 0.2) is 0 Å². The van der Waals surface area contributed by atoms with Gasteiger partial charge in [0.25, 0.3) is 5.91 Å². The van der Waals surface area contributed by atoms with Crippen LogP contribution in [0.5, 0.6) is 0 Å². The molecule has 0 saturated carbocycles. The number of para-hydroxylation sites is 1. The maximum atomic E-state index is 13.5. The van der Waals surface area contributed by atoms with Gasteiger partial charge < -0.3 is 4.57 Å². The lowest BCUT2D eigenvalue weighted by molar-refractivity contribution is 0.0956. The van der Waals surface area contributed by atoms with E-state index >= 15 is 0 Å². The highest BCUT2D eigenvalue weighted by Gasteiger charge is 2.16. The van der Waals surface area contributed by atoms with Crippen LogP contribution in [0.25, 0.3) is 33.1 Å². The summed E-state index contributed by atoms with van der Waals surface area (Å²) in [6.45, 7) is 4.68. The van der Waals surface area contributed by atoms with Crippen LogP contribution in [0.4, 0.5) is 0 Å². The van der Waals surface area contributed by atoms with Gasteiger partial charge in [0.05, 0.1) is 23.0 Å². The number of halogens is 2. The van der Waals surface area contributed by atoms with Gasteiger partial charge in [0.1, 0.15) is 0 Å². The fourth-order valence-corrected chi connectivity index (χ4v) is 5.61. The second-order valence-electron chi connectivity index (χ2n) is 9.98. The smallest absolute Gasteiger partial charge is 0.272 e. The van der Waals surface area contributed by atoms with Gasteiger partial charge in [-0.3, -0.25) is 4.79 Å². The van der Waals surface area contributed by atoms with Gasteiger partial charge in [-0.1, -0.05) is 89.4 Å². The van der Waals surface area contributed by atoms with Crippen LogP contribution < -0.4 is 5.43 Å². The van der Waals surface area contributed by atoms with E-state index in [1.54, 1.807) is 12.3 Å². The van der Waals surface area contributed by atoms with Gasteiger partial charge in [-0.05, 0) is 55.8 Å². The summed E-state index contributed by atoms with van der Waals surface area (Å²) >= 11 is 12.6. The summed E-state index contributed by atoms with van der Waals surface area (Å²) in [5.74, 6) is -0.303. The first-order valence-electron chi connectivity index (χ1n) is 13.2. The Hall–Kier alpha value is -4.45. The molecule has 0 aliphatic rings. The van der Waals surface area contributed by atoms with Gasteiger partial charge >= 0.3 is 0 Å². The molecule has 41 heavy (non-hydrogen) atoms. The second-order valence-corrected chi connectivity index (χ2v) is 10.8. The van der Waals surface area contributed by atoms with Crippen LogP contribution in [-0.4, -0.2) is 21.7 Å². The zero-order valence-electron chi connectivity index (χ0n) is 22.5.